The smallest absolute Gasteiger partial charge is 0.320 e. The van der Waals surface area contributed by atoms with E-state index in [4.69, 9.17) is 15.9 Å². The number of ketones is 1. The van der Waals surface area contributed by atoms with Crippen molar-refractivity contribution in [2.75, 3.05) is 0 Å². The minimum absolute atomic E-state index is 0.160. The molecule has 1 rings (SSSR count). The zero-order chi connectivity index (χ0) is 13.4. The first-order chi connectivity index (χ1) is 7.82. The van der Waals surface area contributed by atoms with Crippen molar-refractivity contribution in [3.05, 3.63) is 29.8 Å². The second-order valence-electron chi connectivity index (χ2n) is 3.72. The summed E-state index contributed by atoms with van der Waals surface area (Å²) in [7, 11) is 0. The SMILES string of the molecule is CC(C)=O.N[C@@H](Cc1ccc(O)cc1)C(=O)O. The molecule has 0 saturated heterocycles. The van der Waals surface area contributed by atoms with E-state index in [9.17, 15) is 9.59 Å². The fourth-order valence-corrected chi connectivity index (χ4v) is 0.973. The molecule has 0 aliphatic carbocycles. The van der Waals surface area contributed by atoms with Crippen LogP contribution in [-0.2, 0) is 16.0 Å². The van der Waals surface area contributed by atoms with Gasteiger partial charge in [0.2, 0.25) is 0 Å². The first-order valence-electron chi connectivity index (χ1n) is 5.06. The van der Waals surface area contributed by atoms with Crippen molar-refractivity contribution < 1.29 is 19.8 Å². The van der Waals surface area contributed by atoms with Crippen molar-refractivity contribution in [2.24, 2.45) is 5.73 Å². The van der Waals surface area contributed by atoms with E-state index in [0.717, 1.165) is 5.56 Å². The van der Waals surface area contributed by atoms with Crippen LogP contribution in [0, 0.1) is 0 Å². The molecule has 0 heterocycles. The van der Waals surface area contributed by atoms with Crippen molar-refractivity contribution in [1.29, 1.82) is 0 Å². The lowest BCUT2D eigenvalue weighted by molar-refractivity contribution is -0.138. The maximum absolute atomic E-state index is 10.4. The number of carbonyl (C=O) groups excluding carboxylic acids is 1. The number of phenols is 1. The number of rotatable bonds is 3. The first kappa shape index (κ1) is 15.1. The molecule has 94 valence electrons. The Morgan fingerprint density at radius 2 is 1.65 bits per heavy atom. The van der Waals surface area contributed by atoms with Gasteiger partial charge in [-0.2, -0.15) is 0 Å². The molecule has 0 amide bonds. The molecule has 4 N–H and O–H groups in total. The minimum Gasteiger partial charge on any atom is -0.508 e. The maximum Gasteiger partial charge on any atom is 0.320 e. The van der Waals surface area contributed by atoms with Crippen molar-refractivity contribution in [3.8, 4) is 5.75 Å². The standard InChI is InChI=1S/C9H11NO3.C3H6O/c10-8(9(12)13)5-6-1-3-7(11)4-2-6;1-3(2)4/h1-4,8,11H,5,10H2,(H,12,13);1-2H3/t8-;/m0./s1. The number of hydrogen-bond acceptors (Lipinski definition) is 4. The second-order valence-corrected chi connectivity index (χ2v) is 3.72. The van der Waals surface area contributed by atoms with Crippen LogP contribution in [0.4, 0.5) is 0 Å². The fourth-order valence-electron chi connectivity index (χ4n) is 0.973. The summed E-state index contributed by atoms with van der Waals surface area (Å²) in [4.78, 5) is 19.8. The van der Waals surface area contributed by atoms with E-state index in [1.807, 2.05) is 0 Å². The number of hydrogen-bond donors (Lipinski definition) is 3. The van der Waals surface area contributed by atoms with Gasteiger partial charge in [0.15, 0.2) is 0 Å². The molecule has 0 unspecified atom stereocenters. The number of carboxylic acid groups (broad SMARTS) is 1. The highest BCUT2D eigenvalue weighted by Crippen LogP contribution is 2.10. The van der Waals surface area contributed by atoms with Crippen molar-refractivity contribution in [3.63, 3.8) is 0 Å². The van der Waals surface area contributed by atoms with Gasteiger partial charge >= 0.3 is 5.97 Å². The highest BCUT2D eigenvalue weighted by atomic mass is 16.4. The summed E-state index contributed by atoms with van der Waals surface area (Å²) in [6, 6.07) is 5.42. The monoisotopic (exact) mass is 239 g/mol. The summed E-state index contributed by atoms with van der Waals surface area (Å²) in [6.45, 7) is 3.06. The number of Topliss-reactive ketones (excluding diaryl/α,β-unsaturated/α-hetero) is 1. The summed E-state index contributed by atoms with van der Waals surface area (Å²) in [5.74, 6) is -0.694. The predicted octanol–water partition coefficient (Wildman–Crippen LogP) is 0.942. The van der Waals surface area contributed by atoms with Crippen LogP contribution in [0.25, 0.3) is 0 Å². The Morgan fingerprint density at radius 3 is 2.00 bits per heavy atom. The van der Waals surface area contributed by atoms with Crippen LogP contribution in [0.2, 0.25) is 0 Å². The van der Waals surface area contributed by atoms with Gasteiger partial charge in [-0.25, -0.2) is 0 Å². The number of nitrogens with two attached hydrogens (primary N) is 1. The van der Waals surface area contributed by atoms with E-state index < -0.39 is 12.0 Å². The molecule has 5 heteroatoms. The normalized spacial score (nSPS) is 11.0. The van der Waals surface area contributed by atoms with E-state index in [0.29, 0.717) is 0 Å². The van der Waals surface area contributed by atoms with Gasteiger partial charge in [0.1, 0.15) is 17.6 Å². The Balaban J connectivity index is 0.000000557. The van der Waals surface area contributed by atoms with Gasteiger partial charge in [0.25, 0.3) is 0 Å². The molecule has 0 radical (unpaired) electrons. The molecule has 1 atom stereocenters. The van der Waals surface area contributed by atoms with E-state index in [1.165, 1.54) is 26.0 Å². The van der Waals surface area contributed by atoms with Gasteiger partial charge in [-0.05, 0) is 38.0 Å². The van der Waals surface area contributed by atoms with E-state index in [1.54, 1.807) is 12.1 Å². The van der Waals surface area contributed by atoms with Crippen LogP contribution in [0.1, 0.15) is 19.4 Å². The predicted molar refractivity (Wildman–Crippen MR) is 63.8 cm³/mol. The molecular formula is C12H17NO4. The Hall–Kier alpha value is -1.88. The van der Waals surface area contributed by atoms with Gasteiger partial charge < -0.3 is 20.7 Å². The Kier molecular flexibility index (Phi) is 6.58. The summed E-state index contributed by atoms with van der Waals surface area (Å²) < 4.78 is 0. The highest BCUT2D eigenvalue weighted by molar-refractivity contribution is 5.73. The third-order valence-electron chi connectivity index (χ3n) is 1.71. The molecule has 0 spiro atoms. The molecule has 17 heavy (non-hydrogen) atoms. The fraction of sp³-hybridized carbons (Fsp3) is 0.333. The van der Waals surface area contributed by atoms with Crippen LogP contribution >= 0.6 is 0 Å². The lowest BCUT2D eigenvalue weighted by atomic mass is 10.1. The third kappa shape index (κ3) is 7.98. The van der Waals surface area contributed by atoms with E-state index in [2.05, 4.69) is 0 Å². The second kappa shape index (κ2) is 7.40. The van der Waals surface area contributed by atoms with Crippen LogP contribution in [-0.4, -0.2) is 28.0 Å². The molecule has 0 saturated carbocycles. The van der Waals surface area contributed by atoms with E-state index in [-0.39, 0.29) is 18.0 Å². The van der Waals surface area contributed by atoms with Crippen molar-refractivity contribution >= 4 is 11.8 Å². The molecule has 5 nitrogen and oxygen atoms in total. The highest BCUT2D eigenvalue weighted by Gasteiger charge is 2.11. The van der Waals surface area contributed by atoms with Crippen LogP contribution in [0.3, 0.4) is 0 Å². The molecule has 0 fully saturated rings. The van der Waals surface area contributed by atoms with Gasteiger partial charge in [0.05, 0.1) is 0 Å². The molecular weight excluding hydrogens is 222 g/mol. The Morgan fingerprint density at radius 1 is 1.24 bits per heavy atom. The zero-order valence-electron chi connectivity index (χ0n) is 9.88. The molecule has 0 aliphatic rings. The summed E-state index contributed by atoms with van der Waals surface area (Å²) >= 11 is 0. The quantitative estimate of drug-likeness (QED) is 0.728. The van der Waals surface area contributed by atoms with Gasteiger partial charge in [-0.1, -0.05) is 12.1 Å². The third-order valence-corrected chi connectivity index (χ3v) is 1.71. The summed E-state index contributed by atoms with van der Waals surface area (Å²) in [5.41, 5.74) is 6.12. The molecule has 0 bridgehead atoms. The van der Waals surface area contributed by atoms with E-state index >= 15 is 0 Å². The average Bonchev–Trinajstić information content (AvgIpc) is 2.20. The molecule has 0 aliphatic heterocycles. The summed E-state index contributed by atoms with van der Waals surface area (Å²) in [6.07, 6.45) is 0.273. The molecule has 0 aromatic heterocycles. The lowest BCUT2D eigenvalue weighted by Gasteiger charge is -2.05. The van der Waals surface area contributed by atoms with Gasteiger partial charge in [-0.3, -0.25) is 4.79 Å². The molecule has 1 aromatic rings. The Labute approximate surface area is 99.9 Å². The number of carbonyl (C=O) groups is 2. The van der Waals surface area contributed by atoms with Gasteiger partial charge in [0, 0.05) is 0 Å². The van der Waals surface area contributed by atoms with Crippen LogP contribution in [0.5, 0.6) is 5.75 Å². The number of phenolic OH excluding ortho intramolecular Hbond substituents is 1. The Bertz CT molecular complexity index is 369. The zero-order valence-corrected chi connectivity index (χ0v) is 9.88. The minimum atomic E-state index is -1.02. The first-order valence-corrected chi connectivity index (χ1v) is 5.06. The van der Waals surface area contributed by atoms with Crippen molar-refractivity contribution in [2.45, 2.75) is 26.3 Å². The topological polar surface area (TPSA) is 101 Å². The van der Waals surface area contributed by atoms with Gasteiger partial charge in [-0.15, -0.1) is 0 Å². The van der Waals surface area contributed by atoms with Crippen LogP contribution in [0.15, 0.2) is 24.3 Å². The summed E-state index contributed by atoms with van der Waals surface area (Å²) in [5, 5.41) is 17.5. The number of aliphatic carboxylic acids is 1. The number of benzene rings is 1. The number of carboxylic acids is 1. The molecule has 1 aromatic carbocycles. The largest absolute Gasteiger partial charge is 0.508 e. The van der Waals surface area contributed by atoms with Crippen LogP contribution < -0.4 is 5.73 Å². The lowest BCUT2D eigenvalue weighted by Crippen LogP contribution is -2.32. The number of aromatic hydroxyl groups is 1. The average molecular weight is 239 g/mol. The maximum atomic E-state index is 10.4. The van der Waals surface area contributed by atoms with Crippen molar-refractivity contribution in [1.82, 2.24) is 0 Å².